The Balaban J connectivity index is 2.64. The standard InChI is InChI=1S/C9H10N2O5/c10-8(9(12)13)5-16-7-3-1-2-6(4-7)11(14)15/h1-4,8H,5,10H2,(H,12,13)/t8-/m0/s1. The quantitative estimate of drug-likeness (QED) is 0.554. The average Bonchev–Trinajstić information content (AvgIpc) is 2.26. The Labute approximate surface area is 90.6 Å². The lowest BCUT2D eigenvalue weighted by Gasteiger charge is -2.08. The lowest BCUT2D eigenvalue weighted by molar-refractivity contribution is -0.384. The molecule has 7 nitrogen and oxygen atoms in total. The van der Waals surface area contributed by atoms with E-state index in [0.29, 0.717) is 0 Å². The molecule has 0 heterocycles. The maximum atomic E-state index is 10.4. The smallest absolute Gasteiger partial charge is 0.324 e. The van der Waals surface area contributed by atoms with E-state index >= 15 is 0 Å². The highest BCUT2D eigenvalue weighted by Gasteiger charge is 2.13. The molecule has 0 amide bonds. The van der Waals surface area contributed by atoms with Crippen molar-refractivity contribution in [3.05, 3.63) is 34.4 Å². The second kappa shape index (κ2) is 5.08. The molecule has 0 saturated heterocycles. The summed E-state index contributed by atoms with van der Waals surface area (Å²) in [4.78, 5) is 20.2. The molecule has 0 unspecified atom stereocenters. The second-order valence-electron chi connectivity index (χ2n) is 3.01. The van der Waals surface area contributed by atoms with Gasteiger partial charge in [0.05, 0.1) is 11.0 Å². The van der Waals surface area contributed by atoms with Crippen LogP contribution in [0.1, 0.15) is 0 Å². The molecule has 0 aliphatic rings. The third-order valence-corrected chi connectivity index (χ3v) is 1.78. The highest BCUT2D eigenvalue weighted by Crippen LogP contribution is 2.18. The second-order valence-corrected chi connectivity index (χ2v) is 3.01. The molecule has 0 aliphatic heterocycles. The molecule has 1 atom stereocenters. The van der Waals surface area contributed by atoms with Crippen molar-refractivity contribution in [3.8, 4) is 5.75 Å². The minimum atomic E-state index is -1.19. The molecule has 1 rings (SSSR count). The number of benzene rings is 1. The molecule has 0 fully saturated rings. The van der Waals surface area contributed by atoms with Crippen molar-refractivity contribution >= 4 is 11.7 Å². The van der Waals surface area contributed by atoms with Gasteiger partial charge in [0.25, 0.3) is 5.69 Å². The summed E-state index contributed by atoms with van der Waals surface area (Å²) in [7, 11) is 0. The molecule has 86 valence electrons. The Hall–Kier alpha value is -2.15. The lowest BCUT2D eigenvalue weighted by Crippen LogP contribution is -2.36. The number of rotatable bonds is 5. The van der Waals surface area contributed by atoms with Gasteiger partial charge in [0, 0.05) is 6.07 Å². The van der Waals surface area contributed by atoms with Crippen LogP contribution in [0.25, 0.3) is 0 Å². The summed E-state index contributed by atoms with van der Waals surface area (Å²) >= 11 is 0. The van der Waals surface area contributed by atoms with E-state index in [1.807, 2.05) is 0 Å². The van der Waals surface area contributed by atoms with Crippen molar-refractivity contribution in [3.63, 3.8) is 0 Å². The van der Waals surface area contributed by atoms with Crippen molar-refractivity contribution in [1.82, 2.24) is 0 Å². The first kappa shape index (κ1) is 11.9. The fourth-order valence-electron chi connectivity index (χ4n) is 0.944. The van der Waals surface area contributed by atoms with Crippen LogP contribution in [-0.4, -0.2) is 28.6 Å². The molecule has 0 bridgehead atoms. The van der Waals surface area contributed by atoms with Crippen LogP contribution < -0.4 is 10.5 Å². The van der Waals surface area contributed by atoms with Crippen LogP contribution in [-0.2, 0) is 4.79 Å². The summed E-state index contributed by atoms with van der Waals surface area (Å²) in [6, 6.07) is 4.29. The zero-order valence-corrected chi connectivity index (χ0v) is 8.20. The summed E-state index contributed by atoms with van der Waals surface area (Å²) in [5.74, 6) is -0.976. The first-order chi connectivity index (χ1) is 7.50. The van der Waals surface area contributed by atoms with Gasteiger partial charge in [-0.2, -0.15) is 0 Å². The number of ether oxygens (including phenoxy) is 1. The van der Waals surface area contributed by atoms with E-state index in [2.05, 4.69) is 0 Å². The topological polar surface area (TPSA) is 116 Å². The van der Waals surface area contributed by atoms with Crippen LogP contribution in [0.2, 0.25) is 0 Å². The van der Waals surface area contributed by atoms with E-state index in [0.717, 1.165) is 0 Å². The Morgan fingerprint density at radius 1 is 1.62 bits per heavy atom. The third-order valence-electron chi connectivity index (χ3n) is 1.78. The number of non-ortho nitro benzene ring substituents is 1. The normalized spacial score (nSPS) is 11.8. The van der Waals surface area contributed by atoms with E-state index in [4.69, 9.17) is 15.6 Å². The fourth-order valence-corrected chi connectivity index (χ4v) is 0.944. The molecule has 0 radical (unpaired) electrons. The molecule has 1 aromatic carbocycles. The number of hydrogen-bond acceptors (Lipinski definition) is 5. The fraction of sp³-hybridized carbons (Fsp3) is 0.222. The number of carboxylic acid groups (broad SMARTS) is 1. The number of carboxylic acids is 1. The van der Waals surface area contributed by atoms with E-state index in [9.17, 15) is 14.9 Å². The first-order valence-electron chi connectivity index (χ1n) is 4.36. The van der Waals surface area contributed by atoms with Crippen LogP contribution in [0.3, 0.4) is 0 Å². The molecule has 7 heteroatoms. The number of aliphatic carboxylic acids is 1. The van der Waals surface area contributed by atoms with Crippen molar-refractivity contribution in [2.45, 2.75) is 6.04 Å². The summed E-state index contributed by atoms with van der Waals surface area (Å²) in [6.07, 6.45) is 0. The Morgan fingerprint density at radius 2 is 2.31 bits per heavy atom. The number of hydrogen-bond donors (Lipinski definition) is 2. The number of nitro benzene ring substituents is 1. The third kappa shape index (κ3) is 3.21. The van der Waals surface area contributed by atoms with E-state index in [1.165, 1.54) is 24.3 Å². The lowest BCUT2D eigenvalue weighted by atomic mass is 10.3. The minimum absolute atomic E-state index is 0.124. The molecule has 0 aromatic heterocycles. The van der Waals surface area contributed by atoms with Gasteiger partial charge in [-0.15, -0.1) is 0 Å². The highest BCUT2D eigenvalue weighted by atomic mass is 16.6. The molecule has 0 spiro atoms. The molecule has 3 N–H and O–H groups in total. The Bertz CT molecular complexity index is 407. The van der Waals surface area contributed by atoms with Crippen molar-refractivity contribution in [2.75, 3.05) is 6.61 Å². The van der Waals surface area contributed by atoms with Gasteiger partial charge in [-0.25, -0.2) is 0 Å². The van der Waals surface area contributed by atoms with Crippen LogP contribution >= 0.6 is 0 Å². The molecular weight excluding hydrogens is 216 g/mol. The molecule has 0 aliphatic carbocycles. The summed E-state index contributed by atoms with van der Waals surface area (Å²) in [5, 5.41) is 18.9. The Kier molecular flexibility index (Phi) is 3.78. The van der Waals surface area contributed by atoms with Gasteiger partial charge in [0.15, 0.2) is 0 Å². The Morgan fingerprint density at radius 3 is 2.88 bits per heavy atom. The molecule has 1 aromatic rings. The zero-order chi connectivity index (χ0) is 12.1. The van der Waals surface area contributed by atoms with Gasteiger partial charge in [0.1, 0.15) is 18.4 Å². The SMILES string of the molecule is N[C@@H](COc1cccc([N+](=O)[O-])c1)C(=O)O. The monoisotopic (exact) mass is 226 g/mol. The van der Waals surface area contributed by atoms with Crippen molar-refractivity contribution < 1.29 is 19.6 Å². The molecular formula is C9H10N2O5. The predicted molar refractivity (Wildman–Crippen MR) is 54.2 cm³/mol. The van der Waals surface area contributed by atoms with Crippen molar-refractivity contribution in [1.29, 1.82) is 0 Å². The van der Waals surface area contributed by atoms with Crippen molar-refractivity contribution in [2.24, 2.45) is 5.73 Å². The average molecular weight is 226 g/mol. The van der Waals surface area contributed by atoms with E-state index in [-0.39, 0.29) is 18.0 Å². The van der Waals surface area contributed by atoms with Crippen LogP contribution in [0, 0.1) is 10.1 Å². The van der Waals surface area contributed by atoms with Crippen LogP contribution in [0.15, 0.2) is 24.3 Å². The van der Waals surface area contributed by atoms with Gasteiger partial charge < -0.3 is 15.6 Å². The maximum absolute atomic E-state index is 10.4. The molecule has 0 saturated carbocycles. The zero-order valence-electron chi connectivity index (χ0n) is 8.20. The number of nitro groups is 1. The predicted octanol–water partition coefficient (Wildman–Crippen LogP) is 0.385. The number of nitrogens with two attached hydrogens (primary N) is 1. The highest BCUT2D eigenvalue weighted by molar-refractivity contribution is 5.73. The van der Waals surface area contributed by atoms with Gasteiger partial charge in [0.2, 0.25) is 0 Å². The van der Waals surface area contributed by atoms with Gasteiger partial charge in [-0.1, -0.05) is 6.07 Å². The van der Waals surface area contributed by atoms with Gasteiger partial charge in [-0.05, 0) is 6.07 Å². The summed E-state index contributed by atoms with van der Waals surface area (Å²) < 4.78 is 5.01. The maximum Gasteiger partial charge on any atom is 0.324 e. The minimum Gasteiger partial charge on any atom is -0.491 e. The first-order valence-corrected chi connectivity index (χ1v) is 4.36. The molecule has 16 heavy (non-hydrogen) atoms. The van der Waals surface area contributed by atoms with Crippen LogP contribution in [0.5, 0.6) is 5.75 Å². The van der Waals surface area contributed by atoms with Gasteiger partial charge in [-0.3, -0.25) is 14.9 Å². The van der Waals surface area contributed by atoms with E-state index in [1.54, 1.807) is 0 Å². The van der Waals surface area contributed by atoms with E-state index < -0.39 is 16.9 Å². The largest absolute Gasteiger partial charge is 0.491 e. The van der Waals surface area contributed by atoms with Crippen LogP contribution in [0.4, 0.5) is 5.69 Å². The van der Waals surface area contributed by atoms with Gasteiger partial charge >= 0.3 is 5.97 Å². The number of carbonyl (C=O) groups is 1. The summed E-state index contributed by atoms with van der Waals surface area (Å²) in [6.45, 7) is -0.240. The number of nitrogens with zero attached hydrogens (tertiary/aromatic N) is 1. The summed E-state index contributed by atoms with van der Waals surface area (Å²) in [5.41, 5.74) is 5.08.